The highest BCUT2D eigenvalue weighted by Crippen LogP contribution is 2.21. The Bertz CT molecular complexity index is 1060. The molecule has 3 aromatic rings. The molecule has 1 fully saturated rings. The van der Waals surface area contributed by atoms with Crippen LogP contribution in [0.25, 0.3) is 10.9 Å². The average molecular weight is 387 g/mol. The summed E-state index contributed by atoms with van der Waals surface area (Å²) in [5.74, 6) is 0.144. The number of aryl methyl sites for hydroxylation is 2. The van der Waals surface area contributed by atoms with Crippen molar-refractivity contribution >= 4 is 22.7 Å². The summed E-state index contributed by atoms with van der Waals surface area (Å²) in [4.78, 5) is 31.5. The molecular weight excluding hydrogens is 362 g/mol. The summed E-state index contributed by atoms with van der Waals surface area (Å²) < 4.78 is 0. The minimum absolute atomic E-state index is 0.131. The molecule has 2 amide bonds. The van der Waals surface area contributed by atoms with Crippen LogP contribution < -0.4 is 5.32 Å². The van der Waals surface area contributed by atoms with Gasteiger partial charge in [0.15, 0.2) is 0 Å². The molecule has 1 aliphatic rings. The molecule has 2 aromatic carbocycles. The van der Waals surface area contributed by atoms with Crippen molar-refractivity contribution < 1.29 is 9.59 Å². The molecule has 0 aliphatic carbocycles. The zero-order chi connectivity index (χ0) is 20.4. The summed E-state index contributed by atoms with van der Waals surface area (Å²) >= 11 is 0. The number of aromatic nitrogens is 1. The minimum Gasteiger partial charge on any atom is -0.352 e. The van der Waals surface area contributed by atoms with Gasteiger partial charge in [0.2, 0.25) is 5.91 Å². The SMILES string of the molecule is Cc1ccc2cc(C(=O)NCC3CC(=O)N(Cc4ccccc4)C3)c(C)nc2c1. The van der Waals surface area contributed by atoms with Gasteiger partial charge in [-0.1, -0.05) is 42.5 Å². The van der Waals surface area contributed by atoms with Crippen LogP contribution in [0.2, 0.25) is 0 Å². The first-order chi connectivity index (χ1) is 14.0. The molecule has 1 aliphatic heterocycles. The largest absolute Gasteiger partial charge is 0.352 e. The van der Waals surface area contributed by atoms with E-state index in [1.54, 1.807) is 0 Å². The maximum absolute atomic E-state index is 12.7. The van der Waals surface area contributed by atoms with E-state index < -0.39 is 0 Å². The molecule has 1 N–H and O–H groups in total. The molecule has 2 heterocycles. The summed E-state index contributed by atoms with van der Waals surface area (Å²) in [6, 6.07) is 17.9. The molecule has 1 unspecified atom stereocenters. The number of carbonyl (C=O) groups excluding carboxylic acids is 2. The van der Waals surface area contributed by atoms with E-state index in [2.05, 4.69) is 10.3 Å². The Hall–Kier alpha value is -3.21. The number of amides is 2. The number of benzene rings is 2. The fraction of sp³-hybridized carbons (Fsp3) is 0.292. The predicted molar refractivity (Wildman–Crippen MR) is 114 cm³/mol. The standard InChI is InChI=1S/C24H25N3O2/c1-16-8-9-20-12-21(17(2)26-22(20)10-16)24(29)25-13-19-11-23(28)27(15-19)14-18-6-4-3-5-7-18/h3-10,12,19H,11,13-15H2,1-2H3,(H,25,29). The Morgan fingerprint density at radius 1 is 1.14 bits per heavy atom. The Kier molecular flexibility index (Phi) is 5.30. The molecule has 5 nitrogen and oxygen atoms in total. The highest BCUT2D eigenvalue weighted by Gasteiger charge is 2.29. The number of likely N-dealkylation sites (tertiary alicyclic amines) is 1. The van der Waals surface area contributed by atoms with Gasteiger partial charge in [0.1, 0.15) is 0 Å². The molecule has 0 radical (unpaired) electrons. The normalized spacial score (nSPS) is 16.4. The Morgan fingerprint density at radius 2 is 1.93 bits per heavy atom. The highest BCUT2D eigenvalue weighted by molar-refractivity contribution is 5.98. The summed E-state index contributed by atoms with van der Waals surface area (Å²) in [6.45, 7) is 5.67. The topological polar surface area (TPSA) is 62.3 Å². The van der Waals surface area contributed by atoms with Crippen molar-refractivity contribution in [3.05, 3.63) is 77.0 Å². The number of nitrogens with one attached hydrogen (secondary N) is 1. The lowest BCUT2D eigenvalue weighted by molar-refractivity contribution is -0.128. The monoisotopic (exact) mass is 387 g/mol. The summed E-state index contributed by atoms with van der Waals surface area (Å²) in [7, 11) is 0. The van der Waals surface area contributed by atoms with Crippen molar-refractivity contribution in [2.45, 2.75) is 26.8 Å². The third-order valence-electron chi connectivity index (χ3n) is 5.47. The molecule has 1 atom stereocenters. The van der Waals surface area contributed by atoms with Crippen LogP contribution in [0.5, 0.6) is 0 Å². The van der Waals surface area contributed by atoms with Gasteiger partial charge in [0.05, 0.1) is 16.8 Å². The van der Waals surface area contributed by atoms with Crippen LogP contribution in [0.15, 0.2) is 54.6 Å². The van der Waals surface area contributed by atoms with Crippen LogP contribution in [0, 0.1) is 19.8 Å². The van der Waals surface area contributed by atoms with Crippen LogP contribution in [-0.4, -0.2) is 34.8 Å². The first kappa shape index (κ1) is 19.1. The maximum atomic E-state index is 12.7. The summed E-state index contributed by atoms with van der Waals surface area (Å²) in [5, 5.41) is 3.96. The van der Waals surface area contributed by atoms with E-state index in [0.717, 1.165) is 22.0 Å². The number of hydrogen-bond acceptors (Lipinski definition) is 3. The molecule has 148 valence electrons. The Morgan fingerprint density at radius 3 is 2.72 bits per heavy atom. The molecule has 1 aromatic heterocycles. The van der Waals surface area contributed by atoms with Gasteiger partial charge in [-0.15, -0.1) is 0 Å². The molecule has 0 spiro atoms. The lowest BCUT2D eigenvalue weighted by Gasteiger charge is -2.17. The van der Waals surface area contributed by atoms with Crippen LogP contribution in [0.4, 0.5) is 0 Å². The van der Waals surface area contributed by atoms with Crippen LogP contribution in [0.1, 0.15) is 33.6 Å². The summed E-state index contributed by atoms with van der Waals surface area (Å²) in [5.41, 5.74) is 4.48. The number of carbonyl (C=O) groups is 2. The lowest BCUT2D eigenvalue weighted by Crippen LogP contribution is -2.31. The van der Waals surface area contributed by atoms with Crippen molar-refractivity contribution in [1.29, 1.82) is 0 Å². The van der Waals surface area contributed by atoms with E-state index in [1.807, 2.05) is 73.3 Å². The van der Waals surface area contributed by atoms with Crippen molar-refractivity contribution in [2.75, 3.05) is 13.1 Å². The maximum Gasteiger partial charge on any atom is 0.253 e. The number of pyridine rings is 1. The van der Waals surface area contributed by atoms with Crippen molar-refractivity contribution in [3.8, 4) is 0 Å². The smallest absolute Gasteiger partial charge is 0.253 e. The molecule has 0 saturated carbocycles. The second-order valence-corrected chi connectivity index (χ2v) is 7.86. The molecule has 1 saturated heterocycles. The van der Waals surface area contributed by atoms with Gasteiger partial charge in [-0.3, -0.25) is 14.6 Å². The number of rotatable bonds is 5. The third-order valence-corrected chi connectivity index (χ3v) is 5.47. The van der Waals surface area contributed by atoms with E-state index in [4.69, 9.17) is 0 Å². The van der Waals surface area contributed by atoms with Crippen LogP contribution in [-0.2, 0) is 11.3 Å². The second kappa shape index (κ2) is 8.03. The van der Waals surface area contributed by atoms with Crippen molar-refractivity contribution in [1.82, 2.24) is 15.2 Å². The van der Waals surface area contributed by atoms with E-state index >= 15 is 0 Å². The van der Waals surface area contributed by atoms with Gasteiger partial charge in [-0.25, -0.2) is 0 Å². The van der Waals surface area contributed by atoms with Gasteiger partial charge in [-0.2, -0.15) is 0 Å². The molecular formula is C24H25N3O2. The zero-order valence-electron chi connectivity index (χ0n) is 16.8. The highest BCUT2D eigenvalue weighted by atomic mass is 16.2. The van der Waals surface area contributed by atoms with Gasteiger partial charge >= 0.3 is 0 Å². The lowest BCUT2D eigenvalue weighted by atomic mass is 10.1. The van der Waals surface area contributed by atoms with Gasteiger partial charge in [0.25, 0.3) is 5.91 Å². The van der Waals surface area contributed by atoms with Gasteiger partial charge < -0.3 is 10.2 Å². The first-order valence-electron chi connectivity index (χ1n) is 9.97. The van der Waals surface area contributed by atoms with E-state index in [1.165, 1.54) is 0 Å². The molecule has 0 bridgehead atoms. The van der Waals surface area contributed by atoms with Crippen LogP contribution >= 0.6 is 0 Å². The number of fused-ring (bicyclic) bond motifs is 1. The Balaban J connectivity index is 1.38. The predicted octanol–water partition coefficient (Wildman–Crippen LogP) is 3.63. The fourth-order valence-electron chi connectivity index (χ4n) is 3.88. The molecule has 29 heavy (non-hydrogen) atoms. The fourth-order valence-corrected chi connectivity index (χ4v) is 3.88. The molecule has 4 rings (SSSR count). The third kappa shape index (κ3) is 4.29. The molecule has 5 heteroatoms. The van der Waals surface area contributed by atoms with Gasteiger partial charge in [-0.05, 0) is 37.1 Å². The zero-order valence-corrected chi connectivity index (χ0v) is 16.8. The quantitative estimate of drug-likeness (QED) is 0.727. The number of hydrogen-bond donors (Lipinski definition) is 1. The van der Waals surface area contributed by atoms with Gasteiger partial charge in [0, 0.05) is 37.4 Å². The van der Waals surface area contributed by atoms with Crippen molar-refractivity contribution in [3.63, 3.8) is 0 Å². The first-order valence-corrected chi connectivity index (χ1v) is 9.97. The minimum atomic E-state index is -0.133. The number of nitrogens with zero attached hydrogens (tertiary/aromatic N) is 2. The van der Waals surface area contributed by atoms with E-state index in [0.29, 0.717) is 37.3 Å². The second-order valence-electron chi connectivity index (χ2n) is 7.86. The van der Waals surface area contributed by atoms with E-state index in [9.17, 15) is 9.59 Å². The average Bonchev–Trinajstić information content (AvgIpc) is 3.05. The summed E-state index contributed by atoms with van der Waals surface area (Å²) in [6.07, 6.45) is 0.474. The van der Waals surface area contributed by atoms with Crippen LogP contribution in [0.3, 0.4) is 0 Å². The Labute approximate surface area is 170 Å². The van der Waals surface area contributed by atoms with E-state index in [-0.39, 0.29) is 17.7 Å². The van der Waals surface area contributed by atoms with Crippen molar-refractivity contribution in [2.24, 2.45) is 5.92 Å².